The summed E-state index contributed by atoms with van der Waals surface area (Å²) in [6, 6.07) is -1.05. The number of rotatable bonds is 5. The van der Waals surface area contributed by atoms with Gasteiger partial charge in [-0.05, 0) is 31.9 Å². The monoisotopic (exact) mass is 260 g/mol. The van der Waals surface area contributed by atoms with Crippen LogP contribution in [0.5, 0.6) is 0 Å². The molecule has 17 heavy (non-hydrogen) atoms. The summed E-state index contributed by atoms with van der Waals surface area (Å²) in [6.07, 6.45) is 3.08. The van der Waals surface area contributed by atoms with Gasteiger partial charge in [0.25, 0.3) is 0 Å². The third-order valence-electron chi connectivity index (χ3n) is 2.84. The number of hydrogen-bond acceptors (Lipinski definition) is 3. The molecule has 3 atom stereocenters. The first-order valence-electron chi connectivity index (χ1n) is 5.94. The molecule has 0 bridgehead atoms. The van der Waals surface area contributed by atoms with E-state index in [1.807, 2.05) is 11.8 Å². The number of carbonyl (C=O) groups is 2. The maximum atomic E-state index is 11.5. The minimum atomic E-state index is -1.02. The predicted molar refractivity (Wildman–Crippen MR) is 68.3 cm³/mol. The minimum absolute atomic E-state index is 0.181. The Labute approximate surface area is 106 Å². The molecule has 1 fully saturated rings. The summed E-state index contributed by atoms with van der Waals surface area (Å²) in [5.41, 5.74) is 0. The Morgan fingerprint density at radius 2 is 2.18 bits per heavy atom. The van der Waals surface area contributed by atoms with Crippen LogP contribution in [0.15, 0.2) is 0 Å². The summed E-state index contributed by atoms with van der Waals surface area (Å²) in [5.74, 6) is 0.0746. The largest absolute Gasteiger partial charge is 0.480 e. The molecule has 1 saturated carbocycles. The smallest absolute Gasteiger partial charge is 0.325 e. The molecule has 0 aliphatic heterocycles. The summed E-state index contributed by atoms with van der Waals surface area (Å²) in [4.78, 5) is 22.0. The van der Waals surface area contributed by atoms with Crippen molar-refractivity contribution in [1.82, 2.24) is 10.6 Å². The van der Waals surface area contributed by atoms with Crippen molar-refractivity contribution in [2.24, 2.45) is 0 Å². The summed E-state index contributed by atoms with van der Waals surface area (Å²) >= 11 is 1.92. The van der Waals surface area contributed by atoms with Crippen molar-refractivity contribution in [1.29, 1.82) is 0 Å². The highest BCUT2D eigenvalue weighted by Crippen LogP contribution is 2.29. The second kappa shape index (κ2) is 6.74. The Kier molecular flexibility index (Phi) is 5.61. The Morgan fingerprint density at radius 1 is 1.47 bits per heavy atom. The number of carboxylic acids is 1. The standard InChI is InChI=1S/C11H20N2O3S/c1-3-17-9-5-4-8(6-9)13-11(16)12-7(2)10(14)15/h7-9H,3-6H2,1-2H3,(H,14,15)(H2,12,13,16). The Balaban J connectivity index is 2.26. The van der Waals surface area contributed by atoms with Gasteiger partial charge in [0.1, 0.15) is 6.04 Å². The van der Waals surface area contributed by atoms with Crippen molar-refractivity contribution < 1.29 is 14.7 Å². The third-order valence-corrected chi connectivity index (χ3v) is 4.07. The van der Waals surface area contributed by atoms with Gasteiger partial charge in [-0.15, -0.1) is 0 Å². The maximum Gasteiger partial charge on any atom is 0.325 e. The van der Waals surface area contributed by atoms with Crippen molar-refractivity contribution in [3.63, 3.8) is 0 Å². The summed E-state index contributed by atoms with van der Waals surface area (Å²) in [7, 11) is 0. The molecule has 0 aromatic rings. The van der Waals surface area contributed by atoms with E-state index in [-0.39, 0.29) is 12.1 Å². The third kappa shape index (κ3) is 4.85. The number of urea groups is 1. The zero-order valence-electron chi connectivity index (χ0n) is 10.2. The molecule has 0 aromatic heterocycles. The molecule has 0 spiro atoms. The lowest BCUT2D eigenvalue weighted by molar-refractivity contribution is -0.138. The molecule has 0 saturated heterocycles. The zero-order chi connectivity index (χ0) is 12.8. The highest BCUT2D eigenvalue weighted by molar-refractivity contribution is 7.99. The van der Waals surface area contributed by atoms with E-state index in [1.54, 1.807) is 0 Å². The van der Waals surface area contributed by atoms with E-state index in [0.717, 1.165) is 25.0 Å². The lowest BCUT2D eigenvalue weighted by Crippen LogP contribution is -2.47. The Morgan fingerprint density at radius 3 is 2.76 bits per heavy atom. The normalized spacial score (nSPS) is 25.3. The quantitative estimate of drug-likeness (QED) is 0.699. The van der Waals surface area contributed by atoms with Gasteiger partial charge in [0.15, 0.2) is 0 Å². The lowest BCUT2D eigenvalue weighted by atomic mass is 10.2. The van der Waals surface area contributed by atoms with E-state index >= 15 is 0 Å². The van der Waals surface area contributed by atoms with Crippen LogP contribution in [-0.2, 0) is 4.79 Å². The van der Waals surface area contributed by atoms with Crippen molar-refractivity contribution in [2.75, 3.05) is 5.75 Å². The molecule has 2 amide bonds. The number of carboxylic acid groups (broad SMARTS) is 1. The van der Waals surface area contributed by atoms with Crippen LogP contribution in [0.3, 0.4) is 0 Å². The van der Waals surface area contributed by atoms with Crippen LogP contribution in [0.4, 0.5) is 4.79 Å². The number of aliphatic carboxylic acids is 1. The second-order valence-corrected chi connectivity index (χ2v) is 5.84. The zero-order valence-corrected chi connectivity index (χ0v) is 11.0. The van der Waals surface area contributed by atoms with Crippen LogP contribution < -0.4 is 10.6 Å². The summed E-state index contributed by atoms with van der Waals surface area (Å²) < 4.78 is 0. The Bertz CT molecular complexity index is 286. The maximum absolute atomic E-state index is 11.5. The first-order valence-corrected chi connectivity index (χ1v) is 6.99. The van der Waals surface area contributed by atoms with Gasteiger partial charge in [-0.3, -0.25) is 4.79 Å². The van der Waals surface area contributed by atoms with Crippen molar-refractivity contribution in [3.8, 4) is 0 Å². The highest BCUT2D eigenvalue weighted by Gasteiger charge is 2.26. The molecule has 1 aliphatic rings. The number of amides is 2. The predicted octanol–water partition coefficient (Wildman–Crippen LogP) is 1.43. The average Bonchev–Trinajstić information content (AvgIpc) is 2.65. The topological polar surface area (TPSA) is 78.4 Å². The average molecular weight is 260 g/mol. The number of hydrogen-bond donors (Lipinski definition) is 3. The van der Waals surface area contributed by atoms with Gasteiger partial charge in [-0.25, -0.2) is 4.79 Å². The van der Waals surface area contributed by atoms with Crippen molar-refractivity contribution in [3.05, 3.63) is 0 Å². The van der Waals surface area contributed by atoms with Crippen molar-refractivity contribution in [2.45, 2.75) is 50.4 Å². The van der Waals surface area contributed by atoms with Gasteiger partial charge in [-0.2, -0.15) is 11.8 Å². The second-order valence-electron chi connectivity index (χ2n) is 4.27. The molecule has 6 heteroatoms. The minimum Gasteiger partial charge on any atom is -0.480 e. The van der Waals surface area contributed by atoms with Crippen LogP contribution in [0.1, 0.15) is 33.1 Å². The van der Waals surface area contributed by atoms with Gasteiger partial charge < -0.3 is 15.7 Å². The summed E-state index contributed by atoms with van der Waals surface area (Å²) in [6.45, 7) is 3.58. The number of nitrogens with one attached hydrogen (secondary N) is 2. The highest BCUT2D eigenvalue weighted by atomic mass is 32.2. The Hall–Kier alpha value is -0.910. The van der Waals surface area contributed by atoms with E-state index in [0.29, 0.717) is 5.25 Å². The number of carbonyl (C=O) groups excluding carboxylic acids is 1. The van der Waals surface area contributed by atoms with Crippen LogP contribution in [0.2, 0.25) is 0 Å². The molecule has 1 rings (SSSR count). The molecule has 3 unspecified atom stereocenters. The molecule has 0 heterocycles. The molecule has 3 N–H and O–H groups in total. The fourth-order valence-electron chi connectivity index (χ4n) is 1.94. The van der Waals surface area contributed by atoms with Gasteiger partial charge in [0.2, 0.25) is 0 Å². The molecule has 0 radical (unpaired) electrons. The first kappa shape index (κ1) is 14.2. The fraction of sp³-hybridized carbons (Fsp3) is 0.818. The lowest BCUT2D eigenvalue weighted by Gasteiger charge is -2.15. The van der Waals surface area contributed by atoms with Gasteiger partial charge in [0, 0.05) is 11.3 Å². The molecule has 98 valence electrons. The fourth-order valence-corrected chi connectivity index (χ4v) is 3.09. The molecular weight excluding hydrogens is 240 g/mol. The molecule has 0 aromatic carbocycles. The molecule has 1 aliphatic carbocycles. The van der Waals surface area contributed by atoms with Crippen LogP contribution in [0, 0.1) is 0 Å². The SMILES string of the molecule is CCSC1CCC(NC(=O)NC(C)C(=O)O)C1. The van der Waals surface area contributed by atoms with Crippen molar-refractivity contribution >= 4 is 23.8 Å². The first-order chi connectivity index (χ1) is 8.02. The number of thioether (sulfide) groups is 1. The van der Waals surface area contributed by atoms with E-state index in [1.165, 1.54) is 6.92 Å². The van der Waals surface area contributed by atoms with Gasteiger partial charge >= 0.3 is 12.0 Å². The van der Waals surface area contributed by atoms with Crippen LogP contribution in [0.25, 0.3) is 0 Å². The van der Waals surface area contributed by atoms with Gasteiger partial charge in [0.05, 0.1) is 0 Å². The van der Waals surface area contributed by atoms with E-state index in [2.05, 4.69) is 17.6 Å². The van der Waals surface area contributed by atoms with Crippen LogP contribution >= 0.6 is 11.8 Å². The van der Waals surface area contributed by atoms with E-state index in [4.69, 9.17) is 5.11 Å². The van der Waals surface area contributed by atoms with Gasteiger partial charge in [-0.1, -0.05) is 6.92 Å². The van der Waals surface area contributed by atoms with E-state index in [9.17, 15) is 9.59 Å². The van der Waals surface area contributed by atoms with E-state index < -0.39 is 12.0 Å². The molecular formula is C11H20N2O3S. The van der Waals surface area contributed by atoms with Crippen LogP contribution in [-0.4, -0.2) is 40.2 Å². The summed E-state index contributed by atoms with van der Waals surface area (Å²) in [5, 5.41) is 14.5. The molecule has 5 nitrogen and oxygen atoms in total.